The molecular weight excluding hydrogens is 356 g/mol. The molecule has 0 unspecified atom stereocenters. The maximum Gasteiger partial charge on any atom is 0.423 e. The van der Waals surface area contributed by atoms with Crippen LogP contribution in [0.15, 0.2) is 24.3 Å². The molecule has 2 saturated heterocycles. The maximum atomic E-state index is 12.0. The average Bonchev–Trinajstić information content (AvgIpc) is 2.59. The van der Waals surface area contributed by atoms with Crippen molar-refractivity contribution in [2.75, 3.05) is 19.7 Å². The minimum absolute atomic E-state index is 0.149. The third kappa shape index (κ3) is 5.11. The third-order valence-corrected chi connectivity index (χ3v) is 5.89. The molecule has 1 N–H and O–H groups in total. The number of fused-ring (bicyclic) bond motifs is 1. The average molecular weight is 382 g/mol. The zero-order valence-electron chi connectivity index (χ0n) is 15.0. The van der Waals surface area contributed by atoms with Crippen molar-refractivity contribution >= 4 is 16.4 Å². The number of hydrogen-bond donors (Lipinski definition) is 1. The number of carbonyl (C=O) groups excluding carboxylic acids is 1. The zero-order chi connectivity index (χ0) is 18.6. The van der Waals surface area contributed by atoms with Crippen LogP contribution in [-0.2, 0) is 15.0 Å². The van der Waals surface area contributed by atoms with Crippen LogP contribution in [0.2, 0.25) is 0 Å². The molecule has 1 aromatic carbocycles. The number of carbonyl (C=O) groups is 1. The van der Waals surface area contributed by atoms with E-state index in [1.165, 1.54) is 18.9 Å². The summed E-state index contributed by atoms with van der Waals surface area (Å²) in [6, 6.07) is 7.02. The minimum Gasteiger partial charge on any atom is -0.448 e. The summed E-state index contributed by atoms with van der Waals surface area (Å²) >= 11 is 0. The lowest BCUT2D eigenvalue weighted by Gasteiger charge is -2.44. The highest BCUT2D eigenvalue weighted by Gasteiger charge is 2.33. The fourth-order valence-electron chi connectivity index (χ4n) is 3.90. The molecule has 26 heavy (non-hydrogen) atoms. The first-order valence-corrected chi connectivity index (χ1v) is 10.5. The Labute approximate surface area is 154 Å². The van der Waals surface area contributed by atoms with Gasteiger partial charge in [-0.25, -0.2) is 4.79 Å². The van der Waals surface area contributed by atoms with Gasteiger partial charge in [-0.2, -0.15) is 13.1 Å². The van der Waals surface area contributed by atoms with Crippen LogP contribution in [0.1, 0.15) is 37.7 Å². The van der Waals surface area contributed by atoms with Crippen molar-refractivity contribution < 1.29 is 22.1 Å². The van der Waals surface area contributed by atoms with E-state index < -0.39 is 16.4 Å². The lowest BCUT2D eigenvalue weighted by molar-refractivity contribution is 0.0244. The van der Waals surface area contributed by atoms with Gasteiger partial charge in [0.25, 0.3) is 0 Å². The highest BCUT2D eigenvalue weighted by molar-refractivity contribution is 7.85. The fraction of sp³-hybridized carbons (Fsp3) is 0.611. The molecule has 0 aliphatic carbocycles. The number of hydrogen-bond acceptors (Lipinski definition) is 6. The van der Waals surface area contributed by atoms with Crippen LogP contribution in [0, 0.1) is 12.8 Å². The summed E-state index contributed by atoms with van der Waals surface area (Å²) in [4.78, 5) is 14.4. The van der Waals surface area contributed by atoms with E-state index in [-0.39, 0.29) is 18.3 Å². The summed E-state index contributed by atoms with van der Waals surface area (Å²) in [6.07, 6.45) is 4.62. The highest BCUT2D eigenvalue weighted by atomic mass is 32.2. The van der Waals surface area contributed by atoms with E-state index in [4.69, 9.17) is 8.92 Å². The van der Waals surface area contributed by atoms with Crippen molar-refractivity contribution in [1.29, 1.82) is 0 Å². The molecule has 7 nitrogen and oxygen atoms in total. The fourth-order valence-corrected chi connectivity index (χ4v) is 4.56. The van der Waals surface area contributed by atoms with Crippen molar-refractivity contribution in [2.45, 2.75) is 45.1 Å². The number of nitrogens with one attached hydrogen (secondary N) is 1. The SMILES string of the molecule is Cc1cccc(OS(=O)(=O)NC(=O)OC[C@H]2CCCN3CCCC[C@H]23)c1. The normalized spacial score (nSPS) is 23.7. The van der Waals surface area contributed by atoms with Gasteiger partial charge in [-0.1, -0.05) is 18.6 Å². The molecule has 144 valence electrons. The van der Waals surface area contributed by atoms with Crippen LogP contribution in [0.25, 0.3) is 0 Å². The Balaban J connectivity index is 1.50. The van der Waals surface area contributed by atoms with E-state index >= 15 is 0 Å². The number of piperidine rings is 2. The predicted octanol–water partition coefficient (Wildman–Crippen LogP) is 2.61. The van der Waals surface area contributed by atoms with Crippen LogP contribution in [-0.4, -0.2) is 45.1 Å². The van der Waals surface area contributed by atoms with Crippen LogP contribution < -0.4 is 8.91 Å². The second-order valence-corrected chi connectivity index (χ2v) is 8.33. The largest absolute Gasteiger partial charge is 0.448 e. The molecular formula is C18H26N2O5S. The van der Waals surface area contributed by atoms with E-state index in [0.717, 1.165) is 37.9 Å². The van der Waals surface area contributed by atoms with E-state index in [0.29, 0.717) is 6.04 Å². The Kier molecular flexibility index (Phi) is 6.03. The highest BCUT2D eigenvalue weighted by Crippen LogP contribution is 2.31. The third-order valence-electron chi connectivity index (χ3n) is 5.06. The van der Waals surface area contributed by atoms with Gasteiger partial charge in [0.05, 0.1) is 6.61 Å². The first-order chi connectivity index (χ1) is 12.4. The van der Waals surface area contributed by atoms with Gasteiger partial charge in [0.1, 0.15) is 5.75 Å². The van der Waals surface area contributed by atoms with Crippen LogP contribution in [0.4, 0.5) is 4.79 Å². The van der Waals surface area contributed by atoms with Crippen molar-refractivity contribution in [3.63, 3.8) is 0 Å². The van der Waals surface area contributed by atoms with Crippen molar-refractivity contribution in [3.8, 4) is 5.75 Å². The van der Waals surface area contributed by atoms with Gasteiger partial charge < -0.3 is 8.92 Å². The quantitative estimate of drug-likeness (QED) is 0.843. The Hall–Kier alpha value is -1.80. The Morgan fingerprint density at radius 2 is 2.04 bits per heavy atom. The van der Waals surface area contributed by atoms with Gasteiger partial charge in [-0.15, -0.1) is 0 Å². The maximum absolute atomic E-state index is 12.0. The second-order valence-electron chi connectivity index (χ2n) is 7.06. The lowest BCUT2D eigenvalue weighted by atomic mass is 9.84. The molecule has 2 fully saturated rings. The van der Waals surface area contributed by atoms with E-state index in [9.17, 15) is 13.2 Å². The van der Waals surface area contributed by atoms with E-state index in [1.54, 1.807) is 12.1 Å². The number of aryl methyl sites for hydroxylation is 1. The molecule has 3 rings (SSSR count). The van der Waals surface area contributed by atoms with Crippen LogP contribution in [0.5, 0.6) is 5.75 Å². The van der Waals surface area contributed by atoms with Crippen molar-refractivity contribution in [3.05, 3.63) is 29.8 Å². The van der Waals surface area contributed by atoms with E-state index in [2.05, 4.69) is 4.90 Å². The van der Waals surface area contributed by atoms with Gasteiger partial charge >= 0.3 is 16.4 Å². The number of benzene rings is 1. The molecule has 2 aliphatic rings. The smallest absolute Gasteiger partial charge is 0.423 e. The van der Waals surface area contributed by atoms with Crippen LogP contribution in [0.3, 0.4) is 0 Å². The van der Waals surface area contributed by atoms with Gasteiger partial charge in [-0.3, -0.25) is 4.90 Å². The molecule has 0 spiro atoms. The number of ether oxygens (including phenoxy) is 1. The molecule has 0 aromatic heterocycles. The molecule has 0 saturated carbocycles. The van der Waals surface area contributed by atoms with Crippen LogP contribution >= 0.6 is 0 Å². The molecule has 2 atom stereocenters. The van der Waals surface area contributed by atoms with E-state index in [1.807, 2.05) is 17.7 Å². The second kappa shape index (κ2) is 8.26. The molecule has 1 aromatic rings. The molecule has 0 radical (unpaired) electrons. The Morgan fingerprint density at radius 3 is 2.85 bits per heavy atom. The Bertz CT molecular complexity index is 735. The summed E-state index contributed by atoms with van der Waals surface area (Å²) in [5, 5.41) is 0. The molecule has 2 heterocycles. The zero-order valence-corrected chi connectivity index (χ0v) is 15.8. The van der Waals surface area contributed by atoms with Gasteiger partial charge in [0.2, 0.25) is 0 Å². The summed E-state index contributed by atoms with van der Waals surface area (Å²) in [7, 11) is -4.26. The van der Waals surface area contributed by atoms with Gasteiger partial charge in [0, 0.05) is 12.0 Å². The number of amides is 1. The lowest BCUT2D eigenvalue weighted by Crippen LogP contribution is -2.49. The van der Waals surface area contributed by atoms with Crippen molar-refractivity contribution in [1.82, 2.24) is 9.62 Å². The number of nitrogens with zero attached hydrogens (tertiary/aromatic N) is 1. The van der Waals surface area contributed by atoms with Crippen molar-refractivity contribution in [2.24, 2.45) is 5.92 Å². The minimum atomic E-state index is -4.26. The first kappa shape index (κ1) is 19.0. The summed E-state index contributed by atoms with van der Waals surface area (Å²) < 4.78 is 35.8. The topological polar surface area (TPSA) is 84.9 Å². The van der Waals surface area contributed by atoms with Gasteiger partial charge in [0.15, 0.2) is 0 Å². The molecule has 1 amide bonds. The first-order valence-electron chi connectivity index (χ1n) is 9.13. The Morgan fingerprint density at radius 1 is 1.23 bits per heavy atom. The predicted molar refractivity (Wildman–Crippen MR) is 97.1 cm³/mol. The summed E-state index contributed by atoms with van der Waals surface area (Å²) in [5.41, 5.74) is 0.856. The molecule has 8 heteroatoms. The summed E-state index contributed by atoms with van der Waals surface area (Å²) in [6.45, 7) is 4.25. The molecule has 0 bridgehead atoms. The number of rotatable bonds is 5. The molecule has 2 aliphatic heterocycles. The van der Waals surface area contributed by atoms with Gasteiger partial charge in [-0.05, 0) is 63.4 Å². The standard InChI is InChI=1S/C18H26N2O5S/c1-14-6-4-8-16(12-14)25-26(22,23)19-18(21)24-13-15-7-5-11-20-10-3-2-9-17(15)20/h4,6,8,12,15,17H,2-3,5,7,9-11,13H2,1H3,(H,19,21)/t15-,17-/m1/s1. The summed E-state index contributed by atoms with van der Waals surface area (Å²) in [5.74, 6) is 0.408. The monoisotopic (exact) mass is 382 g/mol.